The van der Waals surface area contributed by atoms with Gasteiger partial charge >= 0.3 is 0 Å². The van der Waals surface area contributed by atoms with E-state index in [0.29, 0.717) is 72.6 Å². The zero-order chi connectivity index (χ0) is 22.0. The number of amides is 1. The van der Waals surface area contributed by atoms with Gasteiger partial charge in [0.15, 0.2) is 11.4 Å². The van der Waals surface area contributed by atoms with Crippen molar-refractivity contribution >= 4 is 34.3 Å². The minimum atomic E-state index is -0.216. The molecule has 162 valence electrons. The smallest absolute Gasteiger partial charge is 0.262 e. The largest absolute Gasteiger partial charge is 0.343 e. The number of Topliss-reactive ketones (excluding diaryl/α,β-unsaturated/α-hetero) is 1. The highest BCUT2D eigenvalue weighted by Crippen LogP contribution is 2.23. The van der Waals surface area contributed by atoms with Gasteiger partial charge in [0, 0.05) is 49.5 Å². The van der Waals surface area contributed by atoms with Crippen molar-refractivity contribution in [3.8, 4) is 0 Å². The Morgan fingerprint density at radius 1 is 1.19 bits per heavy atom. The van der Waals surface area contributed by atoms with Crippen LogP contribution in [0.3, 0.4) is 0 Å². The molecule has 1 amide bonds. The fraction of sp³-hybridized carbons (Fsp3) is 0.409. The number of ketones is 1. The molecule has 0 aliphatic carbocycles. The minimum absolute atomic E-state index is 0.0647. The van der Waals surface area contributed by atoms with Crippen LogP contribution in [0, 0.1) is 5.92 Å². The number of benzene rings is 1. The molecule has 2 aromatic heterocycles. The number of likely N-dealkylation sites (tertiary alicyclic amines) is 1. The number of piperidine rings is 1. The number of halogens is 1. The first-order valence-corrected chi connectivity index (χ1v) is 10.8. The molecule has 0 saturated carbocycles. The van der Waals surface area contributed by atoms with Crippen LogP contribution in [0.5, 0.6) is 0 Å². The van der Waals surface area contributed by atoms with Crippen LogP contribution in [0.4, 0.5) is 0 Å². The maximum absolute atomic E-state index is 12.7. The Bertz CT molecular complexity index is 1160. The molecule has 4 rings (SSSR count). The molecule has 1 aliphatic heterocycles. The number of aryl methyl sites for hydroxylation is 2. The molecule has 31 heavy (non-hydrogen) atoms. The third-order valence-electron chi connectivity index (χ3n) is 5.80. The van der Waals surface area contributed by atoms with E-state index in [0.717, 1.165) is 0 Å². The second-order valence-corrected chi connectivity index (χ2v) is 8.33. The number of hydrogen-bond donors (Lipinski definition) is 1. The molecule has 1 aromatic carbocycles. The van der Waals surface area contributed by atoms with Crippen LogP contribution >= 0.6 is 11.6 Å². The Hall–Kier alpha value is -3.00. The van der Waals surface area contributed by atoms with Gasteiger partial charge < -0.3 is 9.88 Å². The summed E-state index contributed by atoms with van der Waals surface area (Å²) in [6, 6.07) is 6.95. The predicted octanol–water partition coefficient (Wildman–Crippen LogP) is 2.75. The van der Waals surface area contributed by atoms with Gasteiger partial charge in [0.25, 0.3) is 5.56 Å². The average Bonchev–Trinajstić information content (AvgIpc) is 3.15. The summed E-state index contributed by atoms with van der Waals surface area (Å²) >= 11 is 5.89. The van der Waals surface area contributed by atoms with Crippen LogP contribution < -0.4 is 5.56 Å². The Kier molecular flexibility index (Phi) is 6.18. The van der Waals surface area contributed by atoms with E-state index in [9.17, 15) is 14.4 Å². The van der Waals surface area contributed by atoms with E-state index in [1.54, 1.807) is 36.0 Å². The fourth-order valence-electron chi connectivity index (χ4n) is 4.00. The number of carbonyl (C=O) groups excluding carboxylic acids is 2. The van der Waals surface area contributed by atoms with Crippen molar-refractivity contribution in [3.05, 3.63) is 57.2 Å². The predicted molar refractivity (Wildman–Crippen MR) is 117 cm³/mol. The Morgan fingerprint density at radius 3 is 2.61 bits per heavy atom. The van der Waals surface area contributed by atoms with E-state index in [2.05, 4.69) is 15.1 Å². The van der Waals surface area contributed by atoms with Gasteiger partial charge in [-0.3, -0.25) is 19.1 Å². The molecule has 1 fully saturated rings. The lowest BCUT2D eigenvalue weighted by Gasteiger charge is -2.31. The van der Waals surface area contributed by atoms with Gasteiger partial charge in [-0.1, -0.05) is 11.6 Å². The fourth-order valence-corrected chi connectivity index (χ4v) is 4.13. The number of H-pyrrole nitrogens is 1. The zero-order valence-electron chi connectivity index (χ0n) is 17.3. The molecule has 3 heterocycles. The summed E-state index contributed by atoms with van der Waals surface area (Å²) in [5.74, 6) is 0.678. The van der Waals surface area contributed by atoms with Crippen molar-refractivity contribution in [2.45, 2.75) is 32.1 Å². The van der Waals surface area contributed by atoms with E-state index in [1.807, 2.05) is 4.90 Å². The number of aromatic nitrogens is 4. The monoisotopic (exact) mass is 441 g/mol. The normalized spacial score (nSPS) is 14.8. The topological polar surface area (TPSA) is 101 Å². The van der Waals surface area contributed by atoms with Gasteiger partial charge in [0.2, 0.25) is 5.91 Å². The molecule has 1 saturated heterocycles. The van der Waals surface area contributed by atoms with Crippen LogP contribution in [0.25, 0.3) is 11.0 Å². The van der Waals surface area contributed by atoms with E-state index < -0.39 is 0 Å². The first kappa shape index (κ1) is 21.2. The van der Waals surface area contributed by atoms with Gasteiger partial charge in [0.05, 0.1) is 6.20 Å². The summed E-state index contributed by atoms with van der Waals surface area (Å²) in [4.78, 5) is 46.4. The second-order valence-electron chi connectivity index (χ2n) is 7.90. The minimum Gasteiger partial charge on any atom is -0.343 e. The van der Waals surface area contributed by atoms with E-state index in [1.165, 1.54) is 6.20 Å². The highest BCUT2D eigenvalue weighted by molar-refractivity contribution is 6.30. The highest BCUT2D eigenvalue weighted by atomic mass is 35.5. The van der Waals surface area contributed by atoms with Crippen LogP contribution in [0.15, 0.2) is 35.3 Å². The Labute approximate surface area is 184 Å². The summed E-state index contributed by atoms with van der Waals surface area (Å²) < 4.78 is 1.56. The van der Waals surface area contributed by atoms with Crippen molar-refractivity contribution in [1.82, 2.24) is 24.6 Å². The van der Waals surface area contributed by atoms with Gasteiger partial charge in [-0.15, -0.1) is 0 Å². The molecule has 1 aliphatic rings. The second kappa shape index (κ2) is 9.01. The number of rotatable bonds is 6. The molecular formula is C22H24ClN5O3. The van der Waals surface area contributed by atoms with E-state index in [-0.39, 0.29) is 23.2 Å². The maximum Gasteiger partial charge on any atom is 0.262 e. The first-order chi connectivity index (χ1) is 14.9. The third kappa shape index (κ3) is 4.69. The van der Waals surface area contributed by atoms with Crippen LogP contribution in [-0.4, -0.2) is 49.4 Å². The van der Waals surface area contributed by atoms with Crippen LogP contribution in [0.2, 0.25) is 5.02 Å². The van der Waals surface area contributed by atoms with Gasteiger partial charge in [0.1, 0.15) is 11.2 Å². The standard InChI is InChI=1S/C22H24ClN5O3/c1-27-21-17(13-24-27)22(31)26-18(25-21)3-2-4-19(29)28-11-9-15(10-12-28)20(30)14-5-7-16(23)8-6-14/h5-8,13,15H,2-4,9-12H2,1H3,(H,25,26,31). The molecule has 0 unspecified atom stereocenters. The van der Waals surface area contributed by atoms with Gasteiger partial charge in [-0.25, -0.2) is 4.98 Å². The average molecular weight is 442 g/mol. The summed E-state index contributed by atoms with van der Waals surface area (Å²) in [5.41, 5.74) is 0.991. The Balaban J connectivity index is 1.27. The van der Waals surface area contributed by atoms with Crippen molar-refractivity contribution < 1.29 is 9.59 Å². The lowest BCUT2D eigenvalue weighted by Crippen LogP contribution is -2.40. The summed E-state index contributed by atoms with van der Waals surface area (Å²) in [7, 11) is 1.74. The summed E-state index contributed by atoms with van der Waals surface area (Å²) in [5, 5.41) is 5.12. The molecule has 0 spiro atoms. The van der Waals surface area contributed by atoms with Gasteiger partial charge in [-0.05, 0) is 43.5 Å². The van der Waals surface area contributed by atoms with E-state index in [4.69, 9.17) is 11.6 Å². The molecule has 0 bridgehead atoms. The van der Waals surface area contributed by atoms with Crippen molar-refractivity contribution in [2.75, 3.05) is 13.1 Å². The number of nitrogens with one attached hydrogen (secondary N) is 1. The number of aromatic amines is 1. The quantitative estimate of drug-likeness (QED) is 0.593. The molecule has 8 nitrogen and oxygen atoms in total. The first-order valence-electron chi connectivity index (χ1n) is 10.4. The third-order valence-corrected chi connectivity index (χ3v) is 6.05. The Morgan fingerprint density at radius 2 is 1.90 bits per heavy atom. The van der Waals surface area contributed by atoms with Crippen LogP contribution in [0.1, 0.15) is 41.9 Å². The lowest BCUT2D eigenvalue weighted by atomic mass is 9.89. The van der Waals surface area contributed by atoms with Crippen molar-refractivity contribution in [2.24, 2.45) is 13.0 Å². The molecule has 0 radical (unpaired) electrons. The number of hydrogen-bond acceptors (Lipinski definition) is 5. The number of fused-ring (bicyclic) bond motifs is 1. The zero-order valence-corrected chi connectivity index (χ0v) is 18.1. The maximum atomic E-state index is 12.7. The van der Waals surface area contributed by atoms with Crippen LogP contribution in [-0.2, 0) is 18.3 Å². The molecule has 0 atom stereocenters. The summed E-state index contributed by atoms with van der Waals surface area (Å²) in [6.45, 7) is 1.16. The van der Waals surface area contributed by atoms with Gasteiger partial charge in [-0.2, -0.15) is 5.10 Å². The lowest BCUT2D eigenvalue weighted by molar-refractivity contribution is -0.132. The molecular weight excluding hydrogens is 418 g/mol. The SMILES string of the molecule is Cn1ncc2c(=O)[nH]c(CCCC(=O)N3CCC(C(=O)c4ccc(Cl)cc4)CC3)nc21. The molecule has 3 aromatic rings. The van der Waals surface area contributed by atoms with Crippen molar-refractivity contribution in [3.63, 3.8) is 0 Å². The summed E-state index contributed by atoms with van der Waals surface area (Å²) in [6.07, 6.45) is 4.31. The number of carbonyl (C=O) groups is 2. The van der Waals surface area contributed by atoms with Crippen molar-refractivity contribution in [1.29, 1.82) is 0 Å². The number of nitrogens with zero attached hydrogens (tertiary/aromatic N) is 4. The molecule has 9 heteroatoms. The molecule has 1 N–H and O–H groups in total. The highest BCUT2D eigenvalue weighted by Gasteiger charge is 2.27. The van der Waals surface area contributed by atoms with E-state index >= 15 is 0 Å².